The summed E-state index contributed by atoms with van der Waals surface area (Å²) in [7, 11) is 0. The molecule has 0 saturated carbocycles. The fourth-order valence-electron chi connectivity index (χ4n) is 2.34. The highest BCUT2D eigenvalue weighted by molar-refractivity contribution is 5.90. The van der Waals surface area contributed by atoms with Crippen LogP contribution in [0.3, 0.4) is 0 Å². The topological polar surface area (TPSA) is 78.9 Å². The van der Waals surface area contributed by atoms with Crippen LogP contribution in [0.15, 0.2) is 24.3 Å². The number of carbonyl (C=O) groups is 2. The molecule has 1 saturated heterocycles. The summed E-state index contributed by atoms with van der Waals surface area (Å²) in [5, 5.41) is 12.0. The molecule has 2 N–H and O–H groups in total. The molecule has 2 amide bonds. The van der Waals surface area contributed by atoms with Gasteiger partial charge < -0.3 is 20.1 Å². The van der Waals surface area contributed by atoms with Crippen molar-refractivity contribution in [1.29, 1.82) is 0 Å². The van der Waals surface area contributed by atoms with E-state index < -0.39 is 11.4 Å². The molecule has 1 unspecified atom stereocenters. The summed E-state index contributed by atoms with van der Waals surface area (Å²) in [4.78, 5) is 24.9. The SMILES string of the molecule is CCOc1cccc(NC(=O)N2CCC(C)(C(=O)O)C2)c1. The Morgan fingerprint density at radius 1 is 1.48 bits per heavy atom. The van der Waals surface area contributed by atoms with Gasteiger partial charge in [-0.25, -0.2) is 4.79 Å². The maximum Gasteiger partial charge on any atom is 0.321 e. The summed E-state index contributed by atoms with van der Waals surface area (Å²) in [6.45, 7) is 4.78. The van der Waals surface area contributed by atoms with Crippen LogP contribution >= 0.6 is 0 Å². The van der Waals surface area contributed by atoms with E-state index >= 15 is 0 Å². The Balaban J connectivity index is 1.99. The van der Waals surface area contributed by atoms with Gasteiger partial charge in [-0.05, 0) is 32.4 Å². The predicted molar refractivity (Wildman–Crippen MR) is 78.6 cm³/mol. The minimum absolute atomic E-state index is 0.222. The van der Waals surface area contributed by atoms with E-state index in [0.717, 1.165) is 0 Å². The number of urea groups is 1. The first kappa shape index (κ1) is 15.2. The number of hydrogen-bond acceptors (Lipinski definition) is 3. The number of carboxylic acids is 1. The van der Waals surface area contributed by atoms with Crippen molar-refractivity contribution in [1.82, 2.24) is 4.90 Å². The van der Waals surface area contributed by atoms with Crippen molar-refractivity contribution in [2.75, 3.05) is 25.0 Å². The summed E-state index contributed by atoms with van der Waals surface area (Å²) in [5.41, 5.74) is -0.222. The molecule has 1 atom stereocenters. The summed E-state index contributed by atoms with van der Waals surface area (Å²) in [6.07, 6.45) is 0.467. The summed E-state index contributed by atoms with van der Waals surface area (Å²) in [5.74, 6) is -0.178. The third-order valence-corrected chi connectivity index (χ3v) is 3.67. The van der Waals surface area contributed by atoms with Gasteiger partial charge in [-0.15, -0.1) is 0 Å². The van der Waals surface area contributed by atoms with Gasteiger partial charge >= 0.3 is 12.0 Å². The molecule has 21 heavy (non-hydrogen) atoms. The number of nitrogens with one attached hydrogen (secondary N) is 1. The van der Waals surface area contributed by atoms with Crippen LogP contribution in [-0.4, -0.2) is 41.7 Å². The average Bonchev–Trinajstić information content (AvgIpc) is 2.84. The van der Waals surface area contributed by atoms with E-state index in [-0.39, 0.29) is 12.6 Å². The zero-order valence-electron chi connectivity index (χ0n) is 12.3. The summed E-state index contributed by atoms with van der Waals surface area (Å²) in [6, 6.07) is 6.84. The van der Waals surface area contributed by atoms with Crippen molar-refractivity contribution in [2.45, 2.75) is 20.3 Å². The van der Waals surface area contributed by atoms with Crippen LogP contribution in [0.5, 0.6) is 5.75 Å². The van der Waals surface area contributed by atoms with Crippen molar-refractivity contribution in [3.63, 3.8) is 0 Å². The molecule has 1 aliphatic rings. The number of hydrogen-bond donors (Lipinski definition) is 2. The quantitative estimate of drug-likeness (QED) is 0.893. The molecule has 0 spiro atoms. The van der Waals surface area contributed by atoms with E-state index in [1.165, 1.54) is 4.90 Å². The number of carboxylic acid groups (broad SMARTS) is 1. The first-order chi connectivity index (χ1) is 9.94. The van der Waals surface area contributed by atoms with Gasteiger partial charge in [-0.1, -0.05) is 6.07 Å². The predicted octanol–water partition coefficient (Wildman–Crippen LogP) is 2.41. The lowest BCUT2D eigenvalue weighted by atomic mass is 9.90. The Hall–Kier alpha value is -2.24. The number of aliphatic carboxylic acids is 1. The minimum atomic E-state index is -0.865. The molecule has 1 aliphatic heterocycles. The van der Waals surface area contributed by atoms with Crippen LogP contribution in [-0.2, 0) is 4.79 Å². The normalized spacial score (nSPS) is 21.1. The molecule has 1 aromatic rings. The zero-order chi connectivity index (χ0) is 15.5. The number of nitrogens with zero attached hydrogens (tertiary/aromatic N) is 1. The van der Waals surface area contributed by atoms with Crippen LogP contribution < -0.4 is 10.1 Å². The van der Waals surface area contributed by atoms with Crippen molar-refractivity contribution in [3.05, 3.63) is 24.3 Å². The van der Waals surface area contributed by atoms with Gasteiger partial charge in [0.25, 0.3) is 0 Å². The molecule has 0 radical (unpaired) electrons. The monoisotopic (exact) mass is 292 g/mol. The standard InChI is InChI=1S/C15H20N2O4/c1-3-21-12-6-4-5-11(9-12)16-14(20)17-8-7-15(2,10-17)13(18)19/h4-6,9H,3,7-8,10H2,1-2H3,(H,16,20)(H,18,19). The molecule has 6 nitrogen and oxygen atoms in total. The van der Waals surface area contributed by atoms with Crippen LogP contribution in [0, 0.1) is 5.41 Å². The van der Waals surface area contributed by atoms with Crippen molar-refractivity contribution < 1.29 is 19.4 Å². The Kier molecular flexibility index (Phi) is 4.35. The number of amides is 2. The molecule has 1 heterocycles. The second-order valence-electron chi connectivity index (χ2n) is 5.43. The van der Waals surface area contributed by atoms with Crippen molar-refractivity contribution in [2.24, 2.45) is 5.41 Å². The van der Waals surface area contributed by atoms with Gasteiger partial charge in [0.15, 0.2) is 0 Å². The first-order valence-corrected chi connectivity index (χ1v) is 6.97. The summed E-state index contributed by atoms with van der Waals surface area (Å²) >= 11 is 0. The van der Waals surface area contributed by atoms with E-state index in [0.29, 0.717) is 31.0 Å². The maximum atomic E-state index is 12.2. The molecular formula is C15H20N2O4. The lowest BCUT2D eigenvalue weighted by Crippen LogP contribution is -2.37. The van der Waals surface area contributed by atoms with Crippen LogP contribution in [0.4, 0.5) is 10.5 Å². The highest BCUT2D eigenvalue weighted by Crippen LogP contribution is 2.30. The van der Waals surface area contributed by atoms with Crippen LogP contribution in [0.1, 0.15) is 20.3 Å². The van der Waals surface area contributed by atoms with Crippen molar-refractivity contribution in [3.8, 4) is 5.75 Å². The highest BCUT2D eigenvalue weighted by Gasteiger charge is 2.42. The number of carbonyl (C=O) groups excluding carboxylic acids is 1. The Morgan fingerprint density at radius 2 is 2.24 bits per heavy atom. The van der Waals surface area contributed by atoms with E-state index in [1.54, 1.807) is 25.1 Å². The van der Waals surface area contributed by atoms with E-state index in [2.05, 4.69) is 5.32 Å². The molecule has 1 fully saturated rings. The van der Waals surface area contributed by atoms with Crippen LogP contribution in [0.2, 0.25) is 0 Å². The van der Waals surface area contributed by atoms with Gasteiger partial charge in [0.1, 0.15) is 5.75 Å². The molecule has 0 bridgehead atoms. The third kappa shape index (κ3) is 3.45. The van der Waals surface area contributed by atoms with Gasteiger partial charge in [0.05, 0.1) is 12.0 Å². The Morgan fingerprint density at radius 3 is 2.86 bits per heavy atom. The summed E-state index contributed by atoms with van der Waals surface area (Å²) < 4.78 is 5.38. The Labute approximate surface area is 123 Å². The van der Waals surface area contributed by atoms with Gasteiger partial charge in [0.2, 0.25) is 0 Å². The second kappa shape index (κ2) is 6.03. The van der Waals surface area contributed by atoms with Crippen LogP contribution in [0.25, 0.3) is 0 Å². The molecule has 1 aromatic carbocycles. The number of benzene rings is 1. The molecule has 2 rings (SSSR count). The Bertz CT molecular complexity index is 546. The van der Waals surface area contributed by atoms with Gasteiger partial charge in [0, 0.05) is 24.8 Å². The highest BCUT2D eigenvalue weighted by atomic mass is 16.5. The van der Waals surface area contributed by atoms with E-state index in [4.69, 9.17) is 4.74 Å². The lowest BCUT2D eigenvalue weighted by Gasteiger charge is -2.20. The number of rotatable bonds is 4. The van der Waals surface area contributed by atoms with Gasteiger partial charge in [-0.2, -0.15) is 0 Å². The molecule has 114 valence electrons. The van der Waals surface area contributed by atoms with E-state index in [9.17, 15) is 14.7 Å². The zero-order valence-corrected chi connectivity index (χ0v) is 12.3. The largest absolute Gasteiger partial charge is 0.494 e. The number of likely N-dealkylation sites (tertiary alicyclic amines) is 1. The first-order valence-electron chi connectivity index (χ1n) is 6.97. The average molecular weight is 292 g/mol. The third-order valence-electron chi connectivity index (χ3n) is 3.67. The molecule has 0 aliphatic carbocycles. The smallest absolute Gasteiger partial charge is 0.321 e. The number of ether oxygens (including phenoxy) is 1. The fraction of sp³-hybridized carbons (Fsp3) is 0.467. The maximum absolute atomic E-state index is 12.2. The molecular weight excluding hydrogens is 272 g/mol. The lowest BCUT2D eigenvalue weighted by molar-refractivity contribution is -0.146. The van der Waals surface area contributed by atoms with Gasteiger partial charge in [-0.3, -0.25) is 4.79 Å². The fourth-order valence-corrected chi connectivity index (χ4v) is 2.34. The molecule has 0 aromatic heterocycles. The molecule has 6 heteroatoms. The number of anilines is 1. The second-order valence-corrected chi connectivity index (χ2v) is 5.43. The van der Waals surface area contributed by atoms with Crippen molar-refractivity contribution >= 4 is 17.7 Å². The van der Waals surface area contributed by atoms with E-state index in [1.807, 2.05) is 13.0 Å². The minimum Gasteiger partial charge on any atom is -0.494 e.